The lowest BCUT2D eigenvalue weighted by atomic mass is 10.2. The maximum Gasteiger partial charge on any atom is 0.470 e. The predicted molar refractivity (Wildman–Crippen MR) is 55.3 cm³/mol. The van der Waals surface area contributed by atoms with E-state index in [-0.39, 0.29) is 5.22 Å². The number of benzene rings is 1. The van der Waals surface area contributed by atoms with Crippen LogP contribution in [-0.4, -0.2) is 10.2 Å². The normalized spacial score (nSPS) is 11.7. The Morgan fingerprint density at radius 1 is 1.12 bits per heavy atom. The molecule has 0 spiro atoms. The van der Waals surface area contributed by atoms with Gasteiger partial charge in [-0.3, -0.25) is 0 Å². The molecule has 90 valence electrons. The second kappa shape index (κ2) is 4.79. The molecule has 0 atom stereocenters. The fourth-order valence-electron chi connectivity index (χ4n) is 1.10. The van der Waals surface area contributed by atoms with Gasteiger partial charge in [-0.05, 0) is 5.56 Å². The number of halogens is 3. The molecule has 2 aromatic rings. The topological polar surface area (TPSA) is 38.9 Å². The average Bonchev–Trinajstić information content (AvgIpc) is 2.76. The van der Waals surface area contributed by atoms with Gasteiger partial charge < -0.3 is 4.42 Å². The molecule has 0 N–H and O–H groups in total. The molecule has 0 fully saturated rings. The minimum atomic E-state index is -4.58. The summed E-state index contributed by atoms with van der Waals surface area (Å²) in [5.74, 6) is -0.826. The Morgan fingerprint density at radius 3 is 2.41 bits per heavy atom. The van der Waals surface area contributed by atoms with Gasteiger partial charge in [0.2, 0.25) is 0 Å². The van der Waals surface area contributed by atoms with Crippen LogP contribution < -0.4 is 0 Å². The van der Waals surface area contributed by atoms with Gasteiger partial charge in [-0.15, -0.1) is 10.2 Å². The van der Waals surface area contributed by atoms with E-state index >= 15 is 0 Å². The molecule has 0 aliphatic carbocycles. The monoisotopic (exact) mass is 260 g/mol. The third-order valence-corrected chi connectivity index (χ3v) is 2.74. The number of thioether (sulfide) groups is 1. The van der Waals surface area contributed by atoms with E-state index in [1.807, 2.05) is 30.3 Å². The molecule has 3 nitrogen and oxygen atoms in total. The zero-order valence-corrected chi connectivity index (χ0v) is 9.26. The molecule has 0 aliphatic rings. The van der Waals surface area contributed by atoms with Crippen LogP contribution in [0.15, 0.2) is 40.0 Å². The van der Waals surface area contributed by atoms with Crippen molar-refractivity contribution in [2.24, 2.45) is 0 Å². The lowest BCUT2D eigenvalue weighted by Gasteiger charge is -1.98. The molecule has 0 bridgehead atoms. The van der Waals surface area contributed by atoms with E-state index in [0.29, 0.717) is 5.75 Å². The molecule has 0 amide bonds. The third kappa shape index (κ3) is 3.23. The van der Waals surface area contributed by atoms with E-state index < -0.39 is 12.1 Å². The number of alkyl halides is 3. The zero-order valence-electron chi connectivity index (χ0n) is 8.44. The second-order valence-electron chi connectivity index (χ2n) is 3.15. The molecule has 0 unspecified atom stereocenters. The first-order valence-corrected chi connectivity index (χ1v) is 5.62. The van der Waals surface area contributed by atoms with Gasteiger partial charge in [0.25, 0.3) is 5.22 Å². The summed E-state index contributed by atoms with van der Waals surface area (Å²) in [4.78, 5) is 0. The number of nitrogens with zero attached hydrogens (tertiary/aromatic N) is 2. The second-order valence-corrected chi connectivity index (χ2v) is 4.07. The Labute approximate surface area is 99.0 Å². The summed E-state index contributed by atoms with van der Waals surface area (Å²) < 4.78 is 41.0. The lowest BCUT2D eigenvalue weighted by Crippen LogP contribution is -2.04. The zero-order chi connectivity index (χ0) is 12.3. The summed E-state index contributed by atoms with van der Waals surface area (Å²) in [5, 5.41) is 6.18. The third-order valence-electron chi connectivity index (χ3n) is 1.85. The standard InChI is InChI=1S/C10H7F3N2OS/c11-10(12,13)8-14-15-9(16-8)17-6-7-4-2-1-3-5-7/h1-5H,6H2. The highest BCUT2D eigenvalue weighted by Crippen LogP contribution is 2.30. The van der Waals surface area contributed by atoms with Crippen LogP contribution in [0.3, 0.4) is 0 Å². The summed E-state index contributed by atoms with van der Waals surface area (Å²) in [6, 6.07) is 9.31. The Balaban J connectivity index is 1.99. The van der Waals surface area contributed by atoms with Gasteiger partial charge in [-0.1, -0.05) is 42.1 Å². The van der Waals surface area contributed by atoms with Crippen LogP contribution in [0.5, 0.6) is 0 Å². The number of aromatic nitrogens is 2. The smallest absolute Gasteiger partial charge is 0.408 e. The summed E-state index contributed by atoms with van der Waals surface area (Å²) in [6.07, 6.45) is -4.58. The van der Waals surface area contributed by atoms with Gasteiger partial charge in [0.1, 0.15) is 0 Å². The summed E-state index contributed by atoms with van der Waals surface area (Å²) in [7, 11) is 0. The van der Waals surface area contributed by atoms with E-state index in [2.05, 4.69) is 14.6 Å². The highest BCUT2D eigenvalue weighted by molar-refractivity contribution is 7.98. The van der Waals surface area contributed by atoms with E-state index in [1.54, 1.807) is 0 Å². The number of hydrogen-bond donors (Lipinski definition) is 0. The molecule has 17 heavy (non-hydrogen) atoms. The van der Waals surface area contributed by atoms with Crippen molar-refractivity contribution >= 4 is 11.8 Å². The quantitative estimate of drug-likeness (QED) is 0.793. The van der Waals surface area contributed by atoms with Crippen LogP contribution >= 0.6 is 11.8 Å². The van der Waals surface area contributed by atoms with Crippen molar-refractivity contribution < 1.29 is 17.6 Å². The van der Waals surface area contributed by atoms with Crippen LogP contribution in [0.1, 0.15) is 11.5 Å². The Bertz CT molecular complexity index is 484. The van der Waals surface area contributed by atoms with E-state index in [9.17, 15) is 13.2 Å². The summed E-state index contributed by atoms with van der Waals surface area (Å²) >= 11 is 1.07. The van der Waals surface area contributed by atoms with Gasteiger partial charge in [0.15, 0.2) is 0 Å². The van der Waals surface area contributed by atoms with Crippen molar-refractivity contribution in [3.8, 4) is 0 Å². The van der Waals surface area contributed by atoms with Crippen LogP contribution in [-0.2, 0) is 11.9 Å². The van der Waals surface area contributed by atoms with Gasteiger partial charge >= 0.3 is 12.1 Å². The summed E-state index contributed by atoms with van der Waals surface area (Å²) in [6.45, 7) is 0. The Hall–Kier alpha value is -1.50. The predicted octanol–water partition coefficient (Wildman–Crippen LogP) is 3.38. The van der Waals surface area contributed by atoms with Crippen LogP contribution in [0, 0.1) is 0 Å². The molecule has 2 rings (SSSR count). The molecule has 0 saturated heterocycles. The van der Waals surface area contributed by atoms with Gasteiger partial charge in [0, 0.05) is 5.75 Å². The minimum Gasteiger partial charge on any atom is -0.408 e. The Kier molecular flexibility index (Phi) is 3.37. The molecule has 1 aromatic carbocycles. The van der Waals surface area contributed by atoms with Crippen molar-refractivity contribution in [1.82, 2.24) is 10.2 Å². The van der Waals surface area contributed by atoms with Crippen LogP contribution in [0.25, 0.3) is 0 Å². The van der Waals surface area contributed by atoms with Crippen LogP contribution in [0.4, 0.5) is 13.2 Å². The van der Waals surface area contributed by atoms with Gasteiger partial charge in [-0.25, -0.2) is 0 Å². The first kappa shape index (κ1) is 12.0. The first-order chi connectivity index (χ1) is 8.05. The maximum atomic E-state index is 12.2. The van der Waals surface area contributed by atoms with Crippen LogP contribution in [0.2, 0.25) is 0 Å². The average molecular weight is 260 g/mol. The number of rotatable bonds is 3. The molecule has 7 heteroatoms. The molecule has 0 saturated carbocycles. The van der Waals surface area contributed by atoms with E-state index in [1.165, 1.54) is 0 Å². The van der Waals surface area contributed by atoms with Crippen molar-refractivity contribution in [1.29, 1.82) is 0 Å². The molecule has 0 aliphatic heterocycles. The van der Waals surface area contributed by atoms with Crippen molar-refractivity contribution in [2.75, 3.05) is 0 Å². The van der Waals surface area contributed by atoms with Crippen molar-refractivity contribution in [3.63, 3.8) is 0 Å². The van der Waals surface area contributed by atoms with E-state index in [4.69, 9.17) is 0 Å². The molecule has 0 radical (unpaired) electrons. The van der Waals surface area contributed by atoms with Crippen molar-refractivity contribution in [2.45, 2.75) is 17.2 Å². The van der Waals surface area contributed by atoms with Gasteiger partial charge in [0.05, 0.1) is 0 Å². The fraction of sp³-hybridized carbons (Fsp3) is 0.200. The maximum absolute atomic E-state index is 12.2. The van der Waals surface area contributed by atoms with Gasteiger partial charge in [-0.2, -0.15) is 13.2 Å². The minimum absolute atomic E-state index is 0.0822. The molecule has 1 heterocycles. The lowest BCUT2D eigenvalue weighted by molar-refractivity contribution is -0.158. The fourth-order valence-corrected chi connectivity index (χ4v) is 1.82. The first-order valence-electron chi connectivity index (χ1n) is 4.63. The highest BCUT2D eigenvalue weighted by atomic mass is 32.2. The number of hydrogen-bond acceptors (Lipinski definition) is 4. The Morgan fingerprint density at radius 2 is 1.82 bits per heavy atom. The molecular formula is C10H7F3N2OS. The van der Waals surface area contributed by atoms with E-state index in [0.717, 1.165) is 17.3 Å². The molecular weight excluding hydrogens is 253 g/mol. The highest BCUT2D eigenvalue weighted by Gasteiger charge is 2.38. The molecule has 1 aromatic heterocycles. The summed E-state index contributed by atoms with van der Waals surface area (Å²) in [5.41, 5.74) is 0.976. The van der Waals surface area contributed by atoms with Crippen molar-refractivity contribution in [3.05, 3.63) is 41.8 Å². The largest absolute Gasteiger partial charge is 0.470 e. The SMILES string of the molecule is FC(F)(F)c1nnc(SCc2ccccc2)o1.